The van der Waals surface area contributed by atoms with Gasteiger partial charge in [0.1, 0.15) is 5.82 Å². The molecule has 1 aromatic carbocycles. The highest BCUT2D eigenvalue weighted by Crippen LogP contribution is 2.18. The Balaban J connectivity index is 3.04. The maximum absolute atomic E-state index is 13.4. The predicted molar refractivity (Wildman–Crippen MR) is 56.8 cm³/mol. The zero-order chi connectivity index (χ0) is 12.1. The summed E-state index contributed by atoms with van der Waals surface area (Å²) < 4.78 is 13.4. The molecule has 0 heterocycles. The zero-order valence-corrected chi connectivity index (χ0v) is 8.74. The number of likely N-dealkylation sites (N-methyl/N-ethyl adjacent to an activating group) is 1. The van der Waals surface area contributed by atoms with Gasteiger partial charge in [0.2, 0.25) is 0 Å². The number of hydrogen-bond acceptors (Lipinski definition) is 3. The lowest BCUT2D eigenvalue weighted by atomic mass is 10.2. The van der Waals surface area contributed by atoms with Crippen LogP contribution in [-0.4, -0.2) is 18.4 Å². The first kappa shape index (κ1) is 12.1. The van der Waals surface area contributed by atoms with Crippen LogP contribution >= 0.6 is 0 Å². The number of benzene rings is 1. The molecule has 1 aromatic rings. The molecule has 2 amide bonds. The molecule has 0 radical (unpaired) electrons. The summed E-state index contributed by atoms with van der Waals surface area (Å²) >= 11 is 0. The molecule has 0 aliphatic heterocycles. The highest BCUT2D eigenvalue weighted by atomic mass is 19.1. The van der Waals surface area contributed by atoms with Crippen LogP contribution in [0.15, 0.2) is 24.3 Å². The number of anilines is 1. The highest BCUT2D eigenvalue weighted by molar-refractivity contribution is 6.40. The van der Waals surface area contributed by atoms with E-state index in [0.29, 0.717) is 0 Å². The number of hydrazine groups is 1. The van der Waals surface area contributed by atoms with E-state index in [2.05, 4.69) is 0 Å². The number of hydrogen-bond donors (Lipinski definition) is 2. The quantitative estimate of drug-likeness (QED) is 0.326. The molecule has 86 valence electrons. The van der Waals surface area contributed by atoms with Gasteiger partial charge < -0.3 is 4.90 Å². The first-order valence-electron chi connectivity index (χ1n) is 4.68. The van der Waals surface area contributed by atoms with Gasteiger partial charge in [-0.2, -0.15) is 0 Å². The van der Waals surface area contributed by atoms with E-state index in [9.17, 15) is 14.0 Å². The van der Waals surface area contributed by atoms with Gasteiger partial charge in [0, 0.05) is 6.54 Å². The fraction of sp³-hybridized carbons (Fsp3) is 0.200. The van der Waals surface area contributed by atoms with Crippen molar-refractivity contribution in [3.05, 3.63) is 30.1 Å². The minimum atomic E-state index is -0.981. The van der Waals surface area contributed by atoms with Crippen LogP contribution in [0.3, 0.4) is 0 Å². The summed E-state index contributed by atoms with van der Waals surface area (Å²) in [5.41, 5.74) is 1.77. The predicted octanol–water partition coefficient (Wildman–Crippen LogP) is 0.169. The van der Waals surface area contributed by atoms with Gasteiger partial charge in [-0.25, -0.2) is 10.2 Å². The summed E-state index contributed by atoms with van der Waals surface area (Å²) in [7, 11) is 0. The Morgan fingerprint density at radius 1 is 1.44 bits per heavy atom. The lowest BCUT2D eigenvalue weighted by Gasteiger charge is -2.20. The second-order valence-corrected chi connectivity index (χ2v) is 2.97. The normalized spacial score (nSPS) is 9.69. The van der Waals surface area contributed by atoms with Gasteiger partial charge in [-0.15, -0.1) is 0 Å². The monoisotopic (exact) mass is 225 g/mol. The minimum Gasteiger partial charge on any atom is -0.302 e. The molecule has 0 unspecified atom stereocenters. The molecule has 0 atom stereocenters. The number of nitrogens with zero attached hydrogens (tertiary/aromatic N) is 1. The van der Waals surface area contributed by atoms with Gasteiger partial charge in [0.05, 0.1) is 5.69 Å². The maximum Gasteiger partial charge on any atom is 0.323 e. The van der Waals surface area contributed by atoms with E-state index in [4.69, 9.17) is 5.84 Å². The molecule has 0 fully saturated rings. The Kier molecular flexibility index (Phi) is 3.96. The summed E-state index contributed by atoms with van der Waals surface area (Å²) in [4.78, 5) is 23.6. The number of carbonyl (C=O) groups is 2. The average Bonchev–Trinajstić information content (AvgIpc) is 2.31. The van der Waals surface area contributed by atoms with Gasteiger partial charge in [-0.1, -0.05) is 12.1 Å². The fourth-order valence-electron chi connectivity index (χ4n) is 1.28. The van der Waals surface area contributed by atoms with E-state index >= 15 is 0 Å². The fourth-order valence-corrected chi connectivity index (χ4v) is 1.28. The molecule has 0 aliphatic carbocycles. The molecule has 0 aromatic heterocycles. The Morgan fingerprint density at radius 3 is 2.56 bits per heavy atom. The van der Waals surface area contributed by atoms with Crippen molar-refractivity contribution in [3.63, 3.8) is 0 Å². The van der Waals surface area contributed by atoms with Crippen LogP contribution in [0.2, 0.25) is 0 Å². The van der Waals surface area contributed by atoms with Crippen LogP contribution in [0.4, 0.5) is 10.1 Å². The third-order valence-corrected chi connectivity index (χ3v) is 2.03. The first-order valence-corrected chi connectivity index (χ1v) is 4.68. The molecule has 0 aliphatic rings. The van der Waals surface area contributed by atoms with Crippen LogP contribution in [0.5, 0.6) is 0 Å². The number of nitrogens with two attached hydrogens (primary N) is 1. The summed E-state index contributed by atoms with van der Waals surface area (Å²) in [6, 6.07) is 5.71. The van der Waals surface area contributed by atoms with E-state index in [1.54, 1.807) is 18.4 Å². The molecule has 1 rings (SSSR count). The van der Waals surface area contributed by atoms with Crippen molar-refractivity contribution in [2.24, 2.45) is 5.84 Å². The largest absolute Gasteiger partial charge is 0.323 e. The topological polar surface area (TPSA) is 75.4 Å². The van der Waals surface area contributed by atoms with Crippen LogP contribution in [0, 0.1) is 5.82 Å². The van der Waals surface area contributed by atoms with Gasteiger partial charge in [0.15, 0.2) is 0 Å². The summed E-state index contributed by atoms with van der Waals surface area (Å²) in [5, 5.41) is 0. The van der Waals surface area contributed by atoms with Crippen molar-refractivity contribution in [3.8, 4) is 0 Å². The smallest absolute Gasteiger partial charge is 0.302 e. The second-order valence-electron chi connectivity index (χ2n) is 2.97. The van der Waals surface area contributed by atoms with E-state index in [0.717, 1.165) is 4.90 Å². The number of carbonyl (C=O) groups excluding carboxylic acids is 2. The highest BCUT2D eigenvalue weighted by Gasteiger charge is 2.22. The molecule has 16 heavy (non-hydrogen) atoms. The van der Waals surface area contributed by atoms with Crippen LogP contribution in [0.25, 0.3) is 0 Å². The number of para-hydroxylation sites is 1. The minimum absolute atomic E-state index is 0.0543. The number of nitrogens with one attached hydrogen (secondary N) is 1. The molecular formula is C10H12FN3O2. The van der Waals surface area contributed by atoms with Crippen molar-refractivity contribution >= 4 is 17.5 Å². The van der Waals surface area contributed by atoms with Crippen molar-refractivity contribution in [1.82, 2.24) is 5.43 Å². The van der Waals surface area contributed by atoms with Crippen LogP contribution in [-0.2, 0) is 9.59 Å². The lowest BCUT2D eigenvalue weighted by Crippen LogP contribution is -2.45. The molecule has 0 saturated heterocycles. The summed E-state index contributed by atoms with van der Waals surface area (Å²) in [6.45, 7) is 1.81. The molecule has 3 N–H and O–H groups in total. The van der Waals surface area contributed by atoms with E-state index in [1.807, 2.05) is 0 Å². The van der Waals surface area contributed by atoms with Crippen molar-refractivity contribution in [1.29, 1.82) is 0 Å². The Labute approximate surface area is 92.0 Å². The third-order valence-electron chi connectivity index (χ3n) is 2.03. The number of halogens is 1. The Morgan fingerprint density at radius 2 is 2.06 bits per heavy atom. The summed E-state index contributed by atoms with van der Waals surface area (Å²) in [5.74, 6) is 2.40. The maximum atomic E-state index is 13.4. The van der Waals surface area contributed by atoms with Crippen LogP contribution < -0.4 is 16.2 Å². The van der Waals surface area contributed by atoms with Crippen molar-refractivity contribution in [2.75, 3.05) is 11.4 Å². The summed E-state index contributed by atoms with van der Waals surface area (Å²) in [6.07, 6.45) is 0. The number of rotatable bonds is 2. The average molecular weight is 225 g/mol. The first-order chi connectivity index (χ1) is 7.61. The molecular weight excluding hydrogens is 213 g/mol. The van der Waals surface area contributed by atoms with Crippen molar-refractivity contribution in [2.45, 2.75) is 6.92 Å². The molecule has 5 nitrogen and oxygen atoms in total. The Hall–Kier alpha value is -1.95. The van der Waals surface area contributed by atoms with E-state index < -0.39 is 17.6 Å². The van der Waals surface area contributed by atoms with E-state index in [1.165, 1.54) is 18.2 Å². The Bertz CT molecular complexity index is 409. The van der Waals surface area contributed by atoms with Gasteiger partial charge in [0.25, 0.3) is 0 Å². The van der Waals surface area contributed by atoms with Gasteiger partial charge >= 0.3 is 11.8 Å². The van der Waals surface area contributed by atoms with Gasteiger partial charge in [-0.05, 0) is 19.1 Å². The van der Waals surface area contributed by atoms with Gasteiger partial charge in [-0.3, -0.25) is 15.0 Å². The zero-order valence-electron chi connectivity index (χ0n) is 8.74. The number of amides is 2. The molecule has 0 bridgehead atoms. The lowest BCUT2D eigenvalue weighted by molar-refractivity contribution is -0.137. The van der Waals surface area contributed by atoms with Crippen LogP contribution in [0.1, 0.15) is 6.92 Å². The van der Waals surface area contributed by atoms with E-state index in [-0.39, 0.29) is 12.2 Å². The second kappa shape index (κ2) is 5.22. The molecule has 0 spiro atoms. The molecule has 0 saturated carbocycles. The van der Waals surface area contributed by atoms with Crippen molar-refractivity contribution < 1.29 is 14.0 Å². The molecule has 6 heteroatoms. The third kappa shape index (κ3) is 2.34. The standard InChI is InChI=1S/C10H12FN3O2/c1-2-14(10(16)9(15)13-12)8-6-4-3-5-7(8)11/h3-6H,2,12H2,1H3,(H,13,15). The SMILES string of the molecule is CCN(C(=O)C(=O)NN)c1ccccc1F.